The molecule has 0 bridgehead atoms. The van der Waals surface area contributed by atoms with E-state index in [1.54, 1.807) is 14.2 Å². The van der Waals surface area contributed by atoms with Gasteiger partial charge in [-0.1, -0.05) is 0 Å². The van der Waals surface area contributed by atoms with Gasteiger partial charge in [-0.2, -0.15) is 4.80 Å². The number of tetrazole rings is 1. The number of benzene rings is 1. The molecule has 2 aromatic rings. The van der Waals surface area contributed by atoms with Crippen LogP contribution in [0.3, 0.4) is 0 Å². The standard InChI is InChI=1S/C17H21N5O3/c1-24-14-7-12-5-6-21(9-13(12)8-15(14)25-2)16(23)10-22-19-17(18-20-22)11-3-4-11/h7-8,11H,3-6,9-10H2,1-2H3. The Morgan fingerprint density at radius 2 is 1.92 bits per heavy atom. The number of rotatable bonds is 5. The molecule has 0 unspecified atom stereocenters. The van der Waals surface area contributed by atoms with E-state index in [-0.39, 0.29) is 12.5 Å². The van der Waals surface area contributed by atoms with E-state index in [1.165, 1.54) is 10.4 Å². The predicted octanol–water partition coefficient (Wildman–Crippen LogP) is 1.15. The van der Waals surface area contributed by atoms with Crippen LogP contribution in [0.5, 0.6) is 11.5 Å². The van der Waals surface area contributed by atoms with Gasteiger partial charge >= 0.3 is 0 Å². The van der Waals surface area contributed by atoms with Crippen molar-refractivity contribution in [2.45, 2.75) is 38.3 Å². The molecule has 0 atom stereocenters. The summed E-state index contributed by atoms with van der Waals surface area (Å²) in [6.07, 6.45) is 3.03. The Bertz CT molecular complexity index is 800. The Morgan fingerprint density at radius 3 is 2.60 bits per heavy atom. The van der Waals surface area contributed by atoms with Gasteiger partial charge in [-0.3, -0.25) is 4.79 Å². The molecule has 0 radical (unpaired) electrons. The van der Waals surface area contributed by atoms with Gasteiger partial charge in [0.2, 0.25) is 5.91 Å². The second kappa shape index (κ2) is 6.34. The van der Waals surface area contributed by atoms with E-state index in [0.29, 0.717) is 24.8 Å². The van der Waals surface area contributed by atoms with Crippen LogP contribution in [-0.2, 0) is 24.3 Å². The van der Waals surface area contributed by atoms with Crippen molar-refractivity contribution >= 4 is 5.91 Å². The number of nitrogens with zero attached hydrogens (tertiary/aromatic N) is 5. The largest absolute Gasteiger partial charge is 0.493 e. The van der Waals surface area contributed by atoms with Gasteiger partial charge in [0, 0.05) is 19.0 Å². The number of methoxy groups -OCH3 is 2. The zero-order chi connectivity index (χ0) is 17.4. The lowest BCUT2D eigenvalue weighted by Gasteiger charge is -2.29. The highest BCUT2D eigenvalue weighted by Crippen LogP contribution is 2.37. The van der Waals surface area contributed by atoms with Gasteiger partial charge in [0.25, 0.3) is 0 Å². The van der Waals surface area contributed by atoms with Crippen LogP contribution in [0.2, 0.25) is 0 Å². The lowest BCUT2D eigenvalue weighted by Crippen LogP contribution is -2.38. The van der Waals surface area contributed by atoms with E-state index in [4.69, 9.17) is 9.47 Å². The van der Waals surface area contributed by atoms with Crippen LogP contribution in [0.4, 0.5) is 0 Å². The predicted molar refractivity (Wildman–Crippen MR) is 88.5 cm³/mol. The number of fused-ring (bicyclic) bond motifs is 1. The number of amides is 1. The summed E-state index contributed by atoms with van der Waals surface area (Å²) in [6.45, 7) is 1.35. The topological polar surface area (TPSA) is 82.4 Å². The monoisotopic (exact) mass is 343 g/mol. The van der Waals surface area contributed by atoms with Crippen LogP contribution in [0.25, 0.3) is 0 Å². The molecule has 132 valence electrons. The molecule has 1 fully saturated rings. The number of hydrogen-bond acceptors (Lipinski definition) is 6. The van der Waals surface area contributed by atoms with Crippen molar-refractivity contribution in [1.82, 2.24) is 25.1 Å². The molecule has 2 aliphatic rings. The van der Waals surface area contributed by atoms with Crippen molar-refractivity contribution in [3.8, 4) is 11.5 Å². The maximum atomic E-state index is 12.6. The summed E-state index contributed by atoms with van der Waals surface area (Å²) in [7, 11) is 3.24. The summed E-state index contributed by atoms with van der Waals surface area (Å²) in [6, 6.07) is 3.95. The third-order valence-corrected chi connectivity index (χ3v) is 4.76. The molecule has 2 heterocycles. The Kier molecular flexibility index (Phi) is 4.03. The average Bonchev–Trinajstić information content (AvgIpc) is 3.39. The van der Waals surface area contributed by atoms with Crippen LogP contribution >= 0.6 is 0 Å². The van der Waals surface area contributed by atoms with Gasteiger partial charge in [0.05, 0.1) is 14.2 Å². The maximum Gasteiger partial charge on any atom is 0.246 e. The van der Waals surface area contributed by atoms with Crippen molar-refractivity contribution in [1.29, 1.82) is 0 Å². The number of ether oxygens (including phenoxy) is 2. The van der Waals surface area contributed by atoms with E-state index < -0.39 is 0 Å². The molecule has 0 N–H and O–H groups in total. The van der Waals surface area contributed by atoms with E-state index in [1.807, 2.05) is 17.0 Å². The molecule has 4 rings (SSSR count). The smallest absolute Gasteiger partial charge is 0.246 e. The molecule has 0 saturated heterocycles. The molecule has 8 nitrogen and oxygen atoms in total. The zero-order valence-corrected chi connectivity index (χ0v) is 14.4. The number of hydrogen-bond donors (Lipinski definition) is 0. The summed E-state index contributed by atoms with van der Waals surface area (Å²) >= 11 is 0. The van der Waals surface area contributed by atoms with Crippen LogP contribution in [0, 0.1) is 0 Å². The molecular formula is C17H21N5O3. The lowest BCUT2D eigenvalue weighted by molar-refractivity contribution is -0.133. The number of carbonyl (C=O) groups excluding carboxylic acids is 1. The highest BCUT2D eigenvalue weighted by Gasteiger charge is 2.29. The molecule has 8 heteroatoms. The Balaban J connectivity index is 1.46. The second-order valence-electron chi connectivity index (χ2n) is 6.49. The molecule has 1 aromatic heterocycles. The Morgan fingerprint density at radius 1 is 1.20 bits per heavy atom. The first-order valence-corrected chi connectivity index (χ1v) is 8.47. The van der Waals surface area contributed by atoms with Gasteiger partial charge < -0.3 is 14.4 Å². The van der Waals surface area contributed by atoms with Crippen molar-refractivity contribution < 1.29 is 14.3 Å². The minimum absolute atomic E-state index is 0.000168. The minimum atomic E-state index is 0.000168. The van der Waals surface area contributed by atoms with Crippen molar-refractivity contribution in [3.63, 3.8) is 0 Å². The Hall–Kier alpha value is -2.64. The molecular weight excluding hydrogens is 322 g/mol. The maximum absolute atomic E-state index is 12.6. The molecule has 0 spiro atoms. The summed E-state index contributed by atoms with van der Waals surface area (Å²) in [5, 5.41) is 12.3. The number of carbonyl (C=O) groups is 1. The lowest BCUT2D eigenvalue weighted by atomic mass is 9.98. The highest BCUT2D eigenvalue weighted by molar-refractivity contribution is 5.76. The molecule has 1 aliphatic carbocycles. The van der Waals surface area contributed by atoms with E-state index in [0.717, 1.165) is 36.4 Å². The zero-order valence-electron chi connectivity index (χ0n) is 14.4. The third kappa shape index (κ3) is 3.16. The molecule has 1 saturated carbocycles. The molecule has 1 aliphatic heterocycles. The van der Waals surface area contributed by atoms with E-state index >= 15 is 0 Å². The third-order valence-electron chi connectivity index (χ3n) is 4.76. The van der Waals surface area contributed by atoms with Crippen molar-refractivity contribution in [2.24, 2.45) is 0 Å². The summed E-state index contributed by atoms with van der Waals surface area (Å²) in [5.74, 6) is 2.60. The molecule has 25 heavy (non-hydrogen) atoms. The fraction of sp³-hybridized carbons (Fsp3) is 0.529. The van der Waals surface area contributed by atoms with Crippen LogP contribution in [0.1, 0.15) is 35.7 Å². The SMILES string of the molecule is COc1cc2c(cc1OC)CN(C(=O)Cn1nnc(C3CC3)n1)CC2. The first kappa shape index (κ1) is 15.9. The van der Waals surface area contributed by atoms with Crippen LogP contribution in [-0.4, -0.2) is 51.8 Å². The van der Waals surface area contributed by atoms with Crippen molar-refractivity contribution in [3.05, 3.63) is 29.1 Å². The van der Waals surface area contributed by atoms with Gasteiger partial charge in [-0.05, 0) is 47.7 Å². The fourth-order valence-electron chi connectivity index (χ4n) is 3.14. The quantitative estimate of drug-likeness (QED) is 0.810. The van der Waals surface area contributed by atoms with Crippen LogP contribution < -0.4 is 9.47 Å². The van der Waals surface area contributed by atoms with Gasteiger partial charge in [0.15, 0.2) is 17.3 Å². The average molecular weight is 343 g/mol. The van der Waals surface area contributed by atoms with Gasteiger partial charge in [-0.15, -0.1) is 10.2 Å². The first-order valence-electron chi connectivity index (χ1n) is 8.47. The van der Waals surface area contributed by atoms with Gasteiger partial charge in [0.1, 0.15) is 6.54 Å². The summed E-state index contributed by atoms with van der Waals surface area (Å²) in [5.41, 5.74) is 2.28. The number of aromatic nitrogens is 4. The normalized spacial score (nSPS) is 16.5. The summed E-state index contributed by atoms with van der Waals surface area (Å²) in [4.78, 5) is 15.8. The Labute approximate surface area is 145 Å². The first-order chi connectivity index (χ1) is 12.2. The molecule has 1 aromatic carbocycles. The van der Waals surface area contributed by atoms with Crippen molar-refractivity contribution in [2.75, 3.05) is 20.8 Å². The van der Waals surface area contributed by atoms with Crippen LogP contribution in [0.15, 0.2) is 12.1 Å². The fourth-order valence-corrected chi connectivity index (χ4v) is 3.14. The highest BCUT2D eigenvalue weighted by atomic mass is 16.5. The minimum Gasteiger partial charge on any atom is -0.493 e. The van der Waals surface area contributed by atoms with Gasteiger partial charge in [-0.25, -0.2) is 0 Å². The summed E-state index contributed by atoms with van der Waals surface area (Å²) < 4.78 is 10.7. The van der Waals surface area contributed by atoms with E-state index in [2.05, 4.69) is 15.4 Å². The molecule has 1 amide bonds. The second-order valence-corrected chi connectivity index (χ2v) is 6.49. The van der Waals surface area contributed by atoms with E-state index in [9.17, 15) is 4.79 Å².